The fourth-order valence-corrected chi connectivity index (χ4v) is 1.67. The van der Waals surface area contributed by atoms with Crippen molar-refractivity contribution in [2.75, 3.05) is 0 Å². The molecule has 2 aromatic heterocycles. The predicted molar refractivity (Wildman–Crippen MR) is 54.7 cm³/mol. The molecule has 3 nitrogen and oxygen atoms in total. The van der Waals surface area contributed by atoms with Gasteiger partial charge in [0, 0.05) is 17.6 Å². The molecule has 0 amide bonds. The number of carbonyl (C=O) groups is 1. The summed E-state index contributed by atoms with van der Waals surface area (Å²) in [7, 11) is 0. The highest BCUT2D eigenvalue weighted by Crippen LogP contribution is 2.14. The monoisotopic (exact) mass is 188 g/mol. The molecule has 0 N–H and O–H groups in total. The highest BCUT2D eigenvalue weighted by Gasteiger charge is 2.09. The lowest BCUT2D eigenvalue weighted by atomic mass is 10.2. The Morgan fingerprint density at radius 1 is 1.43 bits per heavy atom. The van der Waals surface area contributed by atoms with Crippen molar-refractivity contribution in [3.8, 4) is 0 Å². The zero-order valence-corrected chi connectivity index (χ0v) is 8.53. The number of Topliss-reactive ketones (excluding diaryl/α,β-unsaturated/α-hetero) is 1. The molecule has 0 unspecified atom stereocenters. The molecule has 0 fully saturated rings. The van der Waals surface area contributed by atoms with Crippen LogP contribution in [0.1, 0.15) is 28.7 Å². The van der Waals surface area contributed by atoms with Crippen molar-refractivity contribution in [3.05, 3.63) is 35.3 Å². The van der Waals surface area contributed by atoms with Crippen LogP contribution in [0, 0.1) is 13.8 Å². The Balaban J connectivity index is 2.85. The van der Waals surface area contributed by atoms with Gasteiger partial charge in [0.05, 0.1) is 5.56 Å². The maximum absolute atomic E-state index is 11.3. The summed E-state index contributed by atoms with van der Waals surface area (Å²) in [6.45, 7) is 5.50. The quantitative estimate of drug-likeness (QED) is 0.642. The number of aryl methyl sites for hydroxylation is 2. The molecule has 0 saturated heterocycles. The predicted octanol–water partition coefficient (Wildman–Crippen LogP) is 2.15. The third-order valence-corrected chi connectivity index (χ3v) is 2.32. The molecule has 2 heterocycles. The SMILES string of the molecule is CC(=O)c1ccn2c(C)cc(C)nc12. The number of nitrogens with zero attached hydrogens (tertiary/aromatic N) is 2. The van der Waals surface area contributed by atoms with Crippen LogP contribution < -0.4 is 0 Å². The smallest absolute Gasteiger partial charge is 0.163 e. The van der Waals surface area contributed by atoms with Crippen molar-refractivity contribution in [2.45, 2.75) is 20.8 Å². The van der Waals surface area contributed by atoms with E-state index < -0.39 is 0 Å². The lowest BCUT2D eigenvalue weighted by Crippen LogP contribution is -1.98. The summed E-state index contributed by atoms with van der Waals surface area (Å²) in [5.74, 6) is 0.0602. The van der Waals surface area contributed by atoms with Crippen LogP contribution in [-0.4, -0.2) is 15.2 Å². The number of fused-ring (bicyclic) bond motifs is 1. The van der Waals surface area contributed by atoms with Gasteiger partial charge in [-0.1, -0.05) is 0 Å². The molecule has 0 aliphatic rings. The third-order valence-electron chi connectivity index (χ3n) is 2.32. The number of carbonyl (C=O) groups excluding carboxylic acids is 1. The van der Waals surface area contributed by atoms with E-state index in [9.17, 15) is 4.79 Å². The van der Waals surface area contributed by atoms with Gasteiger partial charge in [0.2, 0.25) is 0 Å². The van der Waals surface area contributed by atoms with Crippen LogP contribution in [0.4, 0.5) is 0 Å². The topological polar surface area (TPSA) is 34.4 Å². The third kappa shape index (κ3) is 1.21. The molecule has 0 aliphatic heterocycles. The van der Waals surface area contributed by atoms with Gasteiger partial charge in [0.25, 0.3) is 0 Å². The zero-order valence-electron chi connectivity index (χ0n) is 8.53. The molecule has 0 radical (unpaired) electrons. The van der Waals surface area contributed by atoms with Gasteiger partial charge in [-0.05, 0) is 32.9 Å². The van der Waals surface area contributed by atoms with Crippen molar-refractivity contribution >= 4 is 11.4 Å². The Bertz CT molecular complexity index is 511. The van der Waals surface area contributed by atoms with Gasteiger partial charge in [-0.2, -0.15) is 0 Å². The molecular formula is C11H12N2O. The van der Waals surface area contributed by atoms with Crippen LogP contribution in [0.5, 0.6) is 0 Å². The average Bonchev–Trinajstić information content (AvgIpc) is 2.47. The second-order valence-electron chi connectivity index (χ2n) is 3.52. The standard InChI is InChI=1S/C11H12N2O/c1-7-6-8(2)13-5-4-10(9(3)14)11(13)12-7/h4-6H,1-3H3. The van der Waals surface area contributed by atoms with E-state index in [-0.39, 0.29) is 5.78 Å². The minimum Gasteiger partial charge on any atom is -0.305 e. The minimum absolute atomic E-state index is 0.0602. The normalized spacial score (nSPS) is 10.8. The Kier molecular flexibility index (Phi) is 1.88. The Morgan fingerprint density at radius 2 is 2.14 bits per heavy atom. The van der Waals surface area contributed by atoms with E-state index >= 15 is 0 Å². The van der Waals surface area contributed by atoms with Crippen LogP contribution >= 0.6 is 0 Å². The molecule has 72 valence electrons. The molecule has 0 spiro atoms. The fourth-order valence-electron chi connectivity index (χ4n) is 1.67. The average molecular weight is 188 g/mol. The summed E-state index contributed by atoms with van der Waals surface area (Å²) in [5, 5.41) is 0. The fraction of sp³-hybridized carbons (Fsp3) is 0.273. The van der Waals surface area contributed by atoms with Gasteiger partial charge < -0.3 is 4.40 Å². The molecular weight excluding hydrogens is 176 g/mol. The van der Waals surface area contributed by atoms with Crippen molar-refractivity contribution in [1.82, 2.24) is 9.38 Å². The summed E-state index contributed by atoms with van der Waals surface area (Å²) in [5.41, 5.74) is 3.49. The van der Waals surface area contributed by atoms with Gasteiger partial charge in [0.1, 0.15) is 5.65 Å². The van der Waals surface area contributed by atoms with Crippen molar-refractivity contribution in [3.63, 3.8) is 0 Å². The number of hydrogen-bond acceptors (Lipinski definition) is 2. The van der Waals surface area contributed by atoms with Crippen LogP contribution in [0.25, 0.3) is 5.65 Å². The number of aromatic nitrogens is 2. The van der Waals surface area contributed by atoms with E-state index in [1.165, 1.54) is 0 Å². The Morgan fingerprint density at radius 3 is 2.79 bits per heavy atom. The van der Waals surface area contributed by atoms with Gasteiger partial charge in [-0.15, -0.1) is 0 Å². The molecule has 0 atom stereocenters. The van der Waals surface area contributed by atoms with E-state index in [0.29, 0.717) is 5.56 Å². The van der Waals surface area contributed by atoms with E-state index in [1.54, 1.807) is 6.92 Å². The van der Waals surface area contributed by atoms with Gasteiger partial charge in [-0.3, -0.25) is 4.79 Å². The lowest BCUT2D eigenvalue weighted by molar-refractivity contribution is 0.101. The van der Waals surface area contributed by atoms with Crippen molar-refractivity contribution in [1.29, 1.82) is 0 Å². The van der Waals surface area contributed by atoms with Crippen LogP contribution in [-0.2, 0) is 0 Å². The number of ketones is 1. The lowest BCUT2D eigenvalue weighted by Gasteiger charge is -2.02. The van der Waals surface area contributed by atoms with Gasteiger partial charge in [-0.25, -0.2) is 4.98 Å². The summed E-state index contributed by atoms with van der Waals surface area (Å²) < 4.78 is 1.93. The van der Waals surface area contributed by atoms with E-state index in [4.69, 9.17) is 0 Å². The molecule has 0 saturated carbocycles. The summed E-state index contributed by atoms with van der Waals surface area (Å²) >= 11 is 0. The van der Waals surface area contributed by atoms with E-state index in [1.807, 2.05) is 36.6 Å². The first-order valence-electron chi connectivity index (χ1n) is 4.56. The zero-order chi connectivity index (χ0) is 10.3. The van der Waals surface area contributed by atoms with Crippen LogP contribution in [0.2, 0.25) is 0 Å². The van der Waals surface area contributed by atoms with Crippen LogP contribution in [0.3, 0.4) is 0 Å². The number of hydrogen-bond donors (Lipinski definition) is 0. The largest absolute Gasteiger partial charge is 0.305 e. The highest BCUT2D eigenvalue weighted by molar-refractivity contribution is 6.00. The van der Waals surface area contributed by atoms with Gasteiger partial charge in [0.15, 0.2) is 5.78 Å². The van der Waals surface area contributed by atoms with E-state index in [2.05, 4.69) is 4.98 Å². The summed E-state index contributed by atoms with van der Waals surface area (Å²) in [6.07, 6.45) is 1.88. The first-order valence-corrected chi connectivity index (χ1v) is 4.56. The second-order valence-corrected chi connectivity index (χ2v) is 3.52. The van der Waals surface area contributed by atoms with Gasteiger partial charge >= 0.3 is 0 Å². The first-order chi connectivity index (χ1) is 6.59. The molecule has 2 rings (SSSR count). The van der Waals surface area contributed by atoms with Crippen molar-refractivity contribution in [2.24, 2.45) is 0 Å². The Labute approximate surface area is 82.4 Å². The molecule has 0 bridgehead atoms. The maximum Gasteiger partial charge on any atom is 0.163 e. The summed E-state index contributed by atoms with van der Waals surface area (Å²) in [4.78, 5) is 15.6. The second kappa shape index (κ2) is 2.94. The maximum atomic E-state index is 11.3. The first kappa shape index (κ1) is 8.94. The van der Waals surface area contributed by atoms with Crippen molar-refractivity contribution < 1.29 is 4.79 Å². The molecule has 2 aromatic rings. The molecule has 0 aliphatic carbocycles. The van der Waals surface area contributed by atoms with E-state index in [0.717, 1.165) is 17.0 Å². The molecule has 3 heteroatoms. The summed E-state index contributed by atoms with van der Waals surface area (Å²) in [6, 6.07) is 3.81. The highest BCUT2D eigenvalue weighted by atomic mass is 16.1. The minimum atomic E-state index is 0.0602. The van der Waals surface area contributed by atoms with Crippen LogP contribution in [0.15, 0.2) is 18.3 Å². The molecule has 0 aromatic carbocycles. The number of rotatable bonds is 1. The molecule has 14 heavy (non-hydrogen) atoms. The Hall–Kier alpha value is -1.64.